The van der Waals surface area contributed by atoms with E-state index in [0.29, 0.717) is 11.6 Å². The van der Waals surface area contributed by atoms with Crippen molar-refractivity contribution in [2.75, 3.05) is 17.3 Å². The fraction of sp³-hybridized carbons (Fsp3) is 0.300. The van der Waals surface area contributed by atoms with Crippen molar-refractivity contribution < 1.29 is 0 Å². The molecule has 0 saturated heterocycles. The van der Waals surface area contributed by atoms with Gasteiger partial charge >= 0.3 is 0 Å². The normalized spacial score (nSPS) is 10.2. The van der Waals surface area contributed by atoms with Crippen LogP contribution in [0.5, 0.6) is 0 Å². The van der Waals surface area contributed by atoms with Gasteiger partial charge in [0.25, 0.3) is 0 Å². The maximum atomic E-state index is 5.31. The van der Waals surface area contributed by atoms with Gasteiger partial charge in [0.1, 0.15) is 17.5 Å². The van der Waals surface area contributed by atoms with Crippen molar-refractivity contribution >= 4 is 11.6 Å². The van der Waals surface area contributed by atoms with Crippen LogP contribution in [0.4, 0.5) is 11.6 Å². The molecule has 17 heavy (non-hydrogen) atoms. The predicted octanol–water partition coefficient (Wildman–Crippen LogP) is 0.379. The van der Waals surface area contributed by atoms with Gasteiger partial charge in [-0.25, -0.2) is 20.8 Å². The van der Waals surface area contributed by atoms with Crippen molar-refractivity contribution in [1.29, 1.82) is 0 Å². The number of nitrogen functional groups attached to an aromatic ring is 1. The minimum atomic E-state index is 0.600. The topological polar surface area (TPSA) is 93.7 Å². The van der Waals surface area contributed by atoms with Gasteiger partial charge in [-0.1, -0.05) is 0 Å². The maximum absolute atomic E-state index is 5.31. The van der Waals surface area contributed by atoms with E-state index in [1.807, 2.05) is 17.7 Å². The monoisotopic (exact) mass is 233 g/mol. The Morgan fingerprint density at radius 1 is 1.35 bits per heavy atom. The van der Waals surface area contributed by atoms with E-state index in [1.165, 1.54) is 0 Å². The zero-order valence-corrected chi connectivity index (χ0v) is 9.59. The van der Waals surface area contributed by atoms with Crippen molar-refractivity contribution in [2.24, 2.45) is 5.84 Å². The number of nitrogens with zero attached hydrogens (tertiary/aromatic N) is 4. The largest absolute Gasteiger partial charge is 0.368 e. The summed E-state index contributed by atoms with van der Waals surface area (Å²) in [5.41, 5.74) is 2.51. The Kier molecular flexibility index (Phi) is 3.51. The number of hydrogen-bond donors (Lipinski definition) is 3. The Hall–Kier alpha value is -2.15. The molecule has 0 fully saturated rings. The highest BCUT2D eigenvalue weighted by atomic mass is 15.3. The molecule has 0 radical (unpaired) electrons. The maximum Gasteiger partial charge on any atom is 0.145 e. The first-order valence-electron chi connectivity index (χ1n) is 5.30. The second-order valence-corrected chi connectivity index (χ2v) is 3.56. The third-order valence-corrected chi connectivity index (χ3v) is 2.22. The molecule has 0 aliphatic heterocycles. The molecule has 0 aromatic carbocycles. The van der Waals surface area contributed by atoms with E-state index in [0.717, 1.165) is 18.9 Å². The average Bonchev–Trinajstić information content (AvgIpc) is 2.81. The van der Waals surface area contributed by atoms with Crippen LogP contribution in [0.2, 0.25) is 0 Å². The van der Waals surface area contributed by atoms with Crippen LogP contribution in [0.15, 0.2) is 24.8 Å². The molecule has 2 aromatic rings. The molecule has 0 amide bonds. The van der Waals surface area contributed by atoms with Crippen LogP contribution in [-0.4, -0.2) is 26.1 Å². The fourth-order valence-corrected chi connectivity index (χ4v) is 1.46. The van der Waals surface area contributed by atoms with Gasteiger partial charge < -0.3 is 15.3 Å². The molecule has 0 bridgehead atoms. The number of rotatable bonds is 5. The average molecular weight is 233 g/mol. The van der Waals surface area contributed by atoms with Crippen molar-refractivity contribution in [3.63, 3.8) is 0 Å². The van der Waals surface area contributed by atoms with Crippen LogP contribution in [0.25, 0.3) is 0 Å². The van der Waals surface area contributed by atoms with E-state index in [4.69, 9.17) is 5.84 Å². The first kappa shape index (κ1) is 11.3. The van der Waals surface area contributed by atoms with E-state index in [9.17, 15) is 0 Å². The SMILES string of the molecule is Cc1nc(NN)cc(NCCn2ccnc2)n1. The van der Waals surface area contributed by atoms with E-state index in [-0.39, 0.29) is 0 Å². The van der Waals surface area contributed by atoms with Gasteiger partial charge in [-0.3, -0.25) is 0 Å². The Labute approximate surface area is 99.1 Å². The lowest BCUT2D eigenvalue weighted by molar-refractivity contribution is 0.725. The van der Waals surface area contributed by atoms with Crippen LogP contribution < -0.4 is 16.6 Å². The van der Waals surface area contributed by atoms with Crippen LogP contribution in [-0.2, 0) is 6.54 Å². The molecule has 2 rings (SSSR count). The quantitative estimate of drug-likeness (QED) is 0.510. The summed E-state index contributed by atoms with van der Waals surface area (Å²) in [5, 5.41) is 3.20. The second kappa shape index (κ2) is 5.26. The number of aryl methyl sites for hydroxylation is 1. The number of nitrogens with two attached hydrogens (primary N) is 1. The summed E-state index contributed by atoms with van der Waals surface area (Å²) in [6, 6.07) is 1.76. The van der Waals surface area contributed by atoms with Gasteiger partial charge in [0.2, 0.25) is 0 Å². The Morgan fingerprint density at radius 2 is 2.18 bits per heavy atom. The fourth-order valence-electron chi connectivity index (χ4n) is 1.46. The number of imidazole rings is 1. The Bertz CT molecular complexity index is 466. The number of hydrazine groups is 1. The van der Waals surface area contributed by atoms with E-state index < -0.39 is 0 Å². The molecule has 0 aliphatic rings. The second-order valence-electron chi connectivity index (χ2n) is 3.56. The zero-order chi connectivity index (χ0) is 12.1. The third kappa shape index (κ3) is 3.15. The highest BCUT2D eigenvalue weighted by molar-refractivity contribution is 5.46. The smallest absolute Gasteiger partial charge is 0.145 e. The standard InChI is InChI=1S/C10H15N7/c1-8-14-9(6-10(15-8)16-11)13-3-5-17-4-2-12-7-17/h2,4,6-7H,3,5,11H2,1H3,(H2,13,14,15,16). The summed E-state index contributed by atoms with van der Waals surface area (Å²) >= 11 is 0. The van der Waals surface area contributed by atoms with Gasteiger partial charge in [0.05, 0.1) is 6.33 Å². The van der Waals surface area contributed by atoms with Gasteiger partial charge in [0.15, 0.2) is 0 Å². The third-order valence-electron chi connectivity index (χ3n) is 2.22. The molecule has 7 nitrogen and oxygen atoms in total. The van der Waals surface area contributed by atoms with E-state index in [2.05, 4.69) is 25.7 Å². The van der Waals surface area contributed by atoms with Gasteiger partial charge in [-0.15, -0.1) is 0 Å². The number of anilines is 2. The predicted molar refractivity (Wildman–Crippen MR) is 65.3 cm³/mol. The van der Waals surface area contributed by atoms with Gasteiger partial charge in [-0.05, 0) is 6.92 Å². The lowest BCUT2D eigenvalue weighted by Gasteiger charge is -2.08. The number of hydrogen-bond acceptors (Lipinski definition) is 6. The molecule has 4 N–H and O–H groups in total. The van der Waals surface area contributed by atoms with Crippen molar-refractivity contribution in [1.82, 2.24) is 19.5 Å². The minimum Gasteiger partial charge on any atom is -0.368 e. The highest BCUT2D eigenvalue weighted by Crippen LogP contribution is 2.09. The summed E-state index contributed by atoms with van der Waals surface area (Å²) in [5.74, 6) is 7.34. The molecule has 2 heterocycles. The van der Waals surface area contributed by atoms with Crippen LogP contribution >= 0.6 is 0 Å². The van der Waals surface area contributed by atoms with Crippen LogP contribution in [0.3, 0.4) is 0 Å². The molecule has 2 aromatic heterocycles. The molecule has 0 saturated carbocycles. The summed E-state index contributed by atoms with van der Waals surface area (Å²) in [4.78, 5) is 12.3. The number of aromatic nitrogens is 4. The first-order chi connectivity index (χ1) is 8.28. The van der Waals surface area contributed by atoms with Crippen molar-refractivity contribution in [3.05, 3.63) is 30.6 Å². The zero-order valence-electron chi connectivity index (χ0n) is 9.59. The van der Waals surface area contributed by atoms with Gasteiger partial charge in [-0.2, -0.15) is 0 Å². The number of nitrogens with one attached hydrogen (secondary N) is 2. The van der Waals surface area contributed by atoms with Crippen molar-refractivity contribution in [3.8, 4) is 0 Å². The lowest BCUT2D eigenvalue weighted by atomic mass is 10.5. The molecule has 90 valence electrons. The molecule has 0 spiro atoms. The van der Waals surface area contributed by atoms with Crippen molar-refractivity contribution in [2.45, 2.75) is 13.5 Å². The van der Waals surface area contributed by atoms with Gasteiger partial charge in [0, 0.05) is 31.5 Å². The lowest BCUT2D eigenvalue weighted by Crippen LogP contribution is -2.13. The summed E-state index contributed by atoms with van der Waals surface area (Å²) in [6.07, 6.45) is 5.45. The molecular formula is C10H15N7. The Morgan fingerprint density at radius 3 is 2.88 bits per heavy atom. The summed E-state index contributed by atoms with van der Waals surface area (Å²) in [6.45, 7) is 3.41. The molecule has 0 atom stereocenters. The highest BCUT2D eigenvalue weighted by Gasteiger charge is 1.99. The Balaban J connectivity index is 1.92. The van der Waals surface area contributed by atoms with Crippen LogP contribution in [0, 0.1) is 6.92 Å². The van der Waals surface area contributed by atoms with Crippen LogP contribution in [0.1, 0.15) is 5.82 Å². The minimum absolute atomic E-state index is 0.600. The first-order valence-corrected chi connectivity index (χ1v) is 5.30. The van der Waals surface area contributed by atoms with E-state index in [1.54, 1.807) is 18.6 Å². The molecular weight excluding hydrogens is 218 g/mol. The van der Waals surface area contributed by atoms with E-state index >= 15 is 0 Å². The molecule has 0 aliphatic carbocycles. The molecule has 0 unspecified atom stereocenters. The molecule has 7 heteroatoms. The summed E-state index contributed by atoms with van der Waals surface area (Å²) in [7, 11) is 0. The summed E-state index contributed by atoms with van der Waals surface area (Å²) < 4.78 is 1.99.